The van der Waals surface area contributed by atoms with E-state index in [4.69, 9.17) is 4.74 Å². The topological polar surface area (TPSA) is 58.2 Å². The van der Waals surface area contributed by atoms with E-state index in [1.807, 2.05) is 47.4 Å². The standard InChI is InChI=1S/C19H18BrN3O2/c20-15-2-4-16(5-3-15)25-17-7-9-23(10-8-17)19(24)13-1-6-18-14(11-13)12-21-22-18/h1-6,11-12,17H,7-10H2,(H,21,22). The number of rotatable bonds is 3. The van der Waals surface area contributed by atoms with Gasteiger partial charge < -0.3 is 9.64 Å². The molecular weight excluding hydrogens is 382 g/mol. The number of benzene rings is 2. The van der Waals surface area contributed by atoms with Crippen molar-refractivity contribution < 1.29 is 9.53 Å². The Morgan fingerprint density at radius 3 is 2.68 bits per heavy atom. The summed E-state index contributed by atoms with van der Waals surface area (Å²) >= 11 is 3.42. The van der Waals surface area contributed by atoms with E-state index in [-0.39, 0.29) is 12.0 Å². The van der Waals surface area contributed by atoms with E-state index in [1.165, 1.54) is 0 Å². The number of likely N-dealkylation sites (tertiary alicyclic amines) is 1. The highest BCUT2D eigenvalue weighted by atomic mass is 79.9. The number of amides is 1. The van der Waals surface area contributed by atoms with Gasteiger partial charge in [0.1, 0.15) is 11.9 Å². The molecule has 5 nitrogen and oxygen atoms in total. The van der Waals surface area contributed by atoms with Crippen LogP contribution in [0.3, 0.4) is 0 Å². The summed E-state index contributed by atoms with van der Waals surface area (Å²) in [4.78, 5) is 14.6. The zero-order valence-electron chi connectivity index (χ0n) is 13.6. The van der Waals surface area contributed by atoms with Crippen LogP contribution in [-0.4, -0.2) is 40.2 Å². The van der Waals surface area contributed by atoms with Gasteiger partial charge in [0, 0.05) is 41.4 Å². The van der Waals surface area contributed by atoms with Gasteiger partial charge in [-0.2, -0.15) is 5.10 Å². The molecule has 1 aliphatic rings. The van der Waals surface area contributed by atoms with Crippen LogP contribution in [0.2, 0.25) is 0 Å². The first-order valence-electron chi connectivity index (χ1n) is 8.34. The Kier molecular flexibility index (Phi) is 4.44. The number of carbonyl (C=O) groups excluding carboxylic acids is 1. The molecule has 1 fully saturated rings. The largest absolute Gasteiger partial charge is 0.490 e. The Morgan fingerprint density at radius 1 is 1.16 bits per heavy atom. The minimum Gasteiger partial charge on any atom is -0.490 e. The molecule has 1 aliphatic heterocycles. The smallest absolute Gasteiger partial charge is 0.253 e. The van der Waals surface area contributed by atoms with E-state index in [2.05, 4.69) is 26.1 Å². The van der Waals surface area contributed by atoms with Crippen LogP contribution in [0.5, 0.6) is 5.75 Å². The van der Waals surface area contributed by atoms with Gasteiger partial charge in [0.25, 0.3) is 5.91 Å². The van der Waals surface area contributed by atoms with E-state index in [9.17, 15) is 4.79 Å². The van der Waals surface area contributed by atoms with Crippen molar-refractivity contribution in [2.45, 2.75) is 18.9 Å². The van der Waals surface area contributed by atoms with Crippen LogP contribution in [0.25, 0.3) is 10.9 Å². The molecule has 25 heavy (non-hydrogen) atoms. The number of hydrogen-bond acceptors (Lipinski definition) is 3. The molecule has 128 valence electrons. The highest BCUT2D eigenvalue weighted by Gasteiger charge is 2.24. The third kappa shape index (κ3) is 3.54. The van der Waals surface area contributed by atoms with Gasteiger partial charge in [-0.3, -0.25) is 9.89 Å². The highest BCUT2D eigenvalue weighted by Crippen LogP contribution is 2.22. The van der Waals surface area contributed by atoms with Gasteiger partial charge in [-0.15, -0.1) is 0 Å². The molecule has 0 bridgehead atoms. The van der Waals surface area contributed by atoms with Crippen LogP contribution >= 0.6 is 15.9 Å². The maximum Gasteiger partial charge on any atom is 0.253 e. The van der Waals surface area contributed by atoms with Gasteiger partial charge in [-0.05, 0) is 42.5 Å². The molecule has 2 aromatic carbocycles. The maximum absolute atomic E-state index is 12.7. The fourth-order valence-corrected chi connectivity index (χ4v) is 3.41. The number of ether oxygens (including phenoxy) is 1. The average Bonchev–Trinajstić information content (AvgIpc) is 3.11. The van der Waals surface area contributed by atoms with Crippen molar-refractivity contribution in [1.29, 1.82) is 0 Å². The highest BCUT2D eigenvalue weighted by molar-refractivity contribution is 9.10. The number of halogens is 1. The summed E-state index contributed by atoms with van der Waals surface area (Å²) in [5.74, 6) is 0.948. The first kappa shape index (κ1) is 16.1. The molecule has 6 heteroatoms. The minimum atomic E-state index is 0.0743. The molecular formula is C19H18BrN3O2. The van der Waals surface area contributed by atoms with Crippen molar-refractivity contribution in [3.8, 4) is 5.75 Å². The van der Waals surface area contributed by atoms with Gasteiger partial charge in [-0.1, -0.05) is 15.9 Å². The predicted molar refractivity (Wildman–Crippen MR) is 99.8 cm³/mol. The first-order valence-corrected chi connectivity index (χ1v) is 9.13. The molecule has 1 saturated heterocycles. The molecule has 4 rings (SSSR count). The lowest BCUT2D eigenvalue weighted by Crippen LogP contribution is -2.41. The summed E-state index contributed by atoms with van der Waals surface area (Å²) in [5.41, 5.74) is 1.65. The minimum absolute atomic E-state index is 0.0743. The Labute approximate surface area is 154 Å². The van der Waals surface area contributed by atoms with Crippen LogP contribution in [0, 0.1) is 0 Å². The number of carbonyl (C=O) groups is 1. The molecule has 2 heterocycles. The zero-order chi connectivity index (χ0) is 17.2. The third-order valence-corrected chi connectivity index (χ3v) is 5.06. The number of piperidine rings is 1. The Balaban J connectivity index is 1.37. The lowest BCUT2D eigenvalue weighted by molar-refractivity contribution is 0.0595. The molecule has 0 radical (unpaired) electrons. The van der Waals surface area contributed by atoms with E-state index in [0.29, 0.717) is 18.7 Å². The molecule has 1 amide bonds. The van der Waals surface area contributed by atoms with Crippen LogP contribution in [-0.2, 0) is 0 Å². The lowest BCUT2D eigenvalue weighted by atomic mass is 10.1. The normalized spacial score (nSPS) is 15.5. The quantitative estimate of drug-likeness (QED) is 0.723. The third-order valence-electron chi connectivity index (χ3n) is 4.53. The molecule has 1 N–H and O–H groups in total. The Bertz CT molecular complexity index is 883. The molecule has 1 aromatic heterocycles. The number of fused-ring (bicyclic) bond motifs is 1. The molecule has 0 saturated carbocycles. The van der Waals surface area contributed by atoms with Crippen LogP contribution < -0.4 is 4.74 Å². The summed E-state index contributed by atoms with van der Waals surface area (Å²) < 4.78 is 7.06. The van der Waals surface area contributed by atoms with Gasteiger partial charge in [-0.25, -0.2) is 0 Å². The maximum atomic E-state index is 12.7. The van der Waals surface area contributed by atoms with E-state index in [0.717, 1.165) is 34.0 Å². The molecule has 0 atom stereocenters. The van der Waals surface area contributed by atoms with Crippen molar-refractivity contribution in [1.82, 2.24) is 15.1 Å². The van der Waals surface area contributed by atoms with Gasteiger partial charge in [0.05, 0.1) is 11.7 Å². The molecule has 0 unspecified atom stereocenters. The van der Waals surface area contributed by atoms with Crippen molar-refractivity contribution in [2.75, 3.05) is 13.1 Å². The first-order chi connectivity index (χ1) is 12.2. The molecule has 0 aliphatic carbocycles. The van der Waals surface area contributed by atoms with Gasteiger partial charge in [0.2, 0.25) is 0 Å². The number of nitrogens with one attached hydrogen (secondary N) is 1. The fourth-order valence-electron chi connectivity index (χ4n) is 3.14. The summed E-state index contributed by atoms with van der Waals surface area (Å²) in [6.45, 7) is 1.42. The SMILES string of the molecule is O=C(c1ccc2[nH]ncc2c1)N1CCC(Oc2ccc(Br)cc2)CC1. The Hall–Kier alpha value is -2.34. The van der Waals surface area contributed by atoms with Gasteiger partial charge in [0.15, 0.2) is 0 Å². The van der Waals surface area contributed by atoms with Crippen molar-refractivity contribution in [3.05, 3.63) is 58.7 Å². The summed E-state index contributed by atoms with van der Waals surface area (Å²) in [6, 6.07) is 13.5. The van der Waals surface area contributed by atoms with Crippen LogP contribution in [0.1, 0.15) is 23.2 Å². The molecule has 0 spiro atoms. The number of nitrogens with zero attached hydrogens (tertiary/aromatic N) is 2. The van der Waals surface area contributed by atoms with Crippen LogP contribution in [0.15, 0.2) is 53.1 Å². The second kappa shape index (κ2) is 6.88. The molecule has 3 aromatic rings. The van der Waals surface area contributed by atoms with Crippen LogP contribution in [0.4, 0.5) is 0 Å². The second-order valence-electron chi connectivity index (χ2n) is 6.24. The number of aromatic nitrogens is 2. The van der Waals surface area contributed by atoms with E-state index in [1.54, 1.807) is 6.20 Å². The predicted octanol–water partition coefficient (Wildman–Crippen LogP) is 4.01. The van der Waals surface area contributed by atoms with E-state index < -0.39 is 0 Å². The second-order valence-corrected chi connectivity index (χ2v) is 7.15. The monoisotopic (exact) mass is 399 g/mol. The lowest BCUT2D eigenvalue weighted by Gasteiger charge is -2.32. The summed E-state index contributed by atoms with van der Waals surface area (Å²) in [6.07, 6.45) is 3.58. The summed E-state index contributed by atoms with van der Waals surface area (Å²) in [7, 11) is 0. The zero-order valence-corrected chi connectivity index (χ0v) is 15.2. The number of H-pyrrole nitrogens is 1. The van der Waals surface area contributed by atoms with Crippen molar-refractivity contribution in [3.63, 3.8) is 0 Å². The van der Waals surface area contributed by atoms with Crippen molar-refractivity contribution in [2.24, 2.45) is 0 Å². The fraction of sp³-hybridized carbons (Fsp3) is 0.263. The average molecular weight is 400 g/mol. The number of hydrogen-bond donors (Lipinski definition) is 1. The van der Waals surface area contributed by atoms with Gasteiger partial charge >= 0.3 is 0 Å². The summed E-state index contributed by atoms with van der Waals surface area (Å²) in [5, 5.41) is 7.86. The number of aromatic amines is 1. The van der Waals surface area contributed by atoms with E-state index >= 15 is 0 Å². The van der Waals surface area contributed by atoms with Crippen molar-refractivity contribution >= 4 is 32.7 Å². The Morgan fingerprint density at radius 2 is 1.92 bits per heavy atom.